The first-order valence-electron chi connectivity index (χ1n) is 14.8. The van der Waals surface area contributed by atoms with Gasteiger partial charge in [-0.25, -0.2) is 0 Å². The summed E-state index contributed by atoms with van der Waals surface area (Å²) in [4.78, 5) is 4.39. The summed E-state index contributed by atoms with van der Waals surface area (Å²) in [6.07, 6.45) is 6.10. The number of hydrogen-bond donors (Lipinski definition) is 0. The van der Waals surface area contributed by atoms with E-state index in [2.05, 4.69) is 86.4 Å². The normalized spacial score (nSPS) is 22.5. The van der Waals surface area contributed by atoms with Crippen LogP contribution < -0.4 is 9.80 Å². The molecule has 4 nitrogen and oxygen atoms in total. The van der Waals surface area contributed by atoms with Gasteiger partial charge in [0.2, 0.25) is 0 Å². The molecule has 4 aliphatic rings. The minimum atomic E-state index is -4.09. The van der Waals surface area contributed by atoms with Gasteiger partial charge < -0.3 is 18.4 Å². The number of likely N-dealkylation sites (N-methyl/N-ethyl adjacent to an activating group) is 1. The molecule has 0 atom stereocenters. The van der Waals surface area contributed by atoms with E-state index in [-0.39, 0.29) is 5.41 Å². The van der Waals surface area contributed by atoms with Crippen LogP contribution in [0.25, 0.3) is 5.57 Å². The van der Waals surface area contributed by atoms with Crippen molar-refractivity contribution in [3.8, 4) is 0 Å². The predicted octanol–water partition coefficient (Wildman–Crippen LogP) is 7.67. The van der Waals surface area contributed by atoms with Crippen LogP contribution in [0, 0.1) is 0 Å². The molecule has 216 valence electrons. The molecule has 0 bridgehead atoms. The first-order valence-corrected chi connectivity index (χ1v) is 14.8. The second-order valence-corrected chi connectivity index (χ2v) is 12.5. The Morgan fingerprint density at radius 2 is 1.57 bits per heavy atom. The van der Waals surface area contributed by atoms with E-state index in [0.717, 1.165) is 40.1 Å². The highest BCUT2D eigenvalue weighted by Gasteiger charge is 2.68. The summed E-state index contributed by atoms with van der Waals surface area (Å²) in [5, 5.41) is 0. The highest BCUT2D eigenvalue weighted by atomic mass is 19.2. The summed E-state index contributed by atoms with van der Waals surface area (Å²) >= 11 is 0. The molecular weight excluding hydrogens is 525 g/mol. The topological polar surface area (TPSA) is 12.5 Å². The standard InChI is InChI=1S/C35H40BF2N4/c1-10-40-30-14-12-11-13-29(30)35(6,7)31(40)20-19-28-24(4)34-32(26-15-17-27(18-16-26)39(8)9)33-22(2)21-23(3)41(33)36(37,38)42(34)25(28)5/h11-21H,10H2,1-9H3/q+1/b28-19-,31-20-. The largest absolute Gasteiger partial charge is 0.923 e. The fraction of sp³-hybridized carbons (Fsp3) is 0.314. The molecule has 2 aromatic rings. The number of benzene rings is 2. The summed E-state index contributed by atoms with van der Waals surface area (Å²) in [5.74, 6) is 0. The average Bonchev–Trinajstić information content (AvgIpc) is 3.47. The molecule has 4 aliphatic heterocycles. The molecule has 0 radical (unpaired) electrons. The molecule has 0 amide bonds. The summed E-state index contributed by atoms with van der Waals surface area (Å²) < 4.78 is 35.9. The van der Waals surface area contributed by atoms with Crippen molar-refractivity contribution < 1.29 is 17.6 Å². The first kappa shape index (κ1) is 28.1. The third-order valence-corrected chi connectivity index (χ3v) is 9.46. The number of halogens is 2. The lowest BCUT2D eigenvalue weighted by atomic mass is 9.82. The van der Waals surface area contributed by atoms with Gasteiger partial charge in [-0.05, 0) is 62.2 Å². The fourth-order valence-electron chi connectivity index (χ4n) is 7.43. The zero-order valence-electron chi connectivity index (χ0n) is 26.2. The average molecular weight is 566 g/mol. The van der Waals surface area contributed by atoms with Crippen LogP contribution in [0.4, 0.5) is 20.0 Å². The van der Waals surface area contributed by atoms with Crippen molar-refractivity contribution in [2.75, 3.05) is 30.4 Å². The van der Waals surface area contributed by atoms with Gasteiger partial charge in [0.1, 0.15) is 17.0 Å². The molecule has 0 unspecified atom stereocenters. The number of allylic oxidation sites excluding steroid dienone is 8. The summed E-state index contributed by atoms with van der Waals surface area (Å²) in [6.45, 7) is 10.9. The van der Waals surface area contributed by atoms with Crippen LogP contribution >= 0.6 is 0 Å². The first-order chi connectivity index (χ1) is 19.8. The zero-order chi connectivity index (χ0) is 30.3. The number of hydrogen-bond acceptors (Lipinski definition) is 2. The number of rotatable bonds is 4. The lowest BCUT2D eigenvalue weighted by Gasteiger charge is -2.28. The van der Waals surface area contributed by atoms with E-state index in [0.29, 0.717) is 22.8 Å². The van der Waals surface area contributed by atoms with Crippen LogP contribution in [-0.2, 0) is 5.41 Å². The van der Waals surface area contributed by atoms with Crippen LogP contribution in [0.5, 0.6) is 0 Å². The van der Waals surface area contributed by atoms with Gasteiger partial charge in [0.05, 0.1) is 0 Å². The van der Waals surface area contributed by atoms with E-state index < -0.39 is 6.97 Å². The predicted molar refractivity (Wildman–Crippen MR) is 173 cm³/mol. The number of fused-ring (bicyclic) bond motifs is 3. The second kappa shape index (κ2) is 9.51. The van der Waals surface area contributed by atoms with Gasteiger partial charge in [-0.1, -0.05) is 44.2 Å². The van der Waals surface area contributed by atoms with Gasteiger partial charge in [0.25, 0.3) is 0 Å². The highest BCUT2D eigenvalue weighted by molar-refractivity contribution is 6.52. The molecule has 0 saturated carbocycles. The van der Waals surface area contributed by atoms with E-state index in [9.17, 15) is 0 Å². The molecule has 0 N–H and O–H groups in total. The Labute approximate surface area is 248 Å². The molecule has 0 aliphatic carbocycles. The maximum Gasteiger partial charge on any atom is 0.923 e. The van der Waals surface area contributed by atoms with Gasteiger partial charge in [-0.2, -0.15) is 0 Å². The van der Waals surface area contributed by atoms with E-state index in [4.69, 9.17) is 0 Å². The molecule has 0 aromatic heterocycles. The monoisotopic (exact) mass is 565 g/mol. The zero-order valence-corrected chi connectivity index (χ0v) is 26.2. The second-order valence-electron chi connectivity index (χ2n) is 12.5. The SMILES string of the molecule is CCN1/C(=C\C=C2\C(C)=C3C(c4ccc(N(C)C)cc4)=C4C(C)=CC(C)=[N+]4[B-](F)(F)[N+]3=C2C)C(C)(C)c2ccccc21. The van der Waals surface area contributed by atoms with Crippen molar-refractivity contribution in [1.29, 1.82) is 0 Å². The quantitative estimate of drug-likeness (QED) is 0.353. The van der Waals surface area contributed by atoms with Crippen molar-refractivity contribution in [3.63, 3.8) is 0 Å². The molecule has 4 heterocycles. The van der Waals surface area contributed by atoms with Gasteiger partial charge >= 0.3 is 6.97 Å². The van der Waals surface area contributed by atoms with Gasteiger partial charge in [0.15, 0.2) is 11.4 Å². The minimum absolute atomic E-state index is 0.198. The van der Waals surface area contributed by atoms with Gasteiger partial charge in [-0.3, -0.25) is 8.97 Å². The van der Waals surface area contributed by atoms with Crippen LogP contribution in [-0.4, -0.2) is 48.0 Å². The molecule has 7 heteroatoms. The van der Waals surface area contributed by atoms with E-state index >= 15 is 8.63 Å². The molecule has 6 rings (SSSR count). The summed E-state index contributed by atoms with van der Waals surface area (Å²) in [5.41, 5.74) is 11.3. The summed E-state index contributed by atoms with van der Waals surface area (Å²) in [6, 6.07) is 16.8. The molecular formula is C35H40BF2N4+. The number of nitrogens with zero attached hydrogens (tertiary/aromatic N) is 4. The minimum Gasteiger partial charge on any atom is -0.378 e. The Hall–Kier alpha value is -4.00. The van der Waals surface area contributed by atoms with Crippen molar-refractivity contribution >= 4 is 35.3 Å². The molecule has 42 heavy (non-hydrogen) atoms. The maximum absolute atomic E-state index is 16.7. The lowest BCUT2D eigenvalue weighted by molar-refractivity contribution is -0.518. The summed E-state index contributed by atoms with van der Waals surface area (Å²) in [7, 11) is 4.01. The van der Waals surface area contributed by atoms with Crippen LogP contribution in [0.15, 0.2) is 101 Å². The van der Waals surface area contributed by atoms with Gasteiger partial charge in [0, 0.05) is 79.8 Å². The van der Waals surface area contributed by atoms with E-state index in [1.54, 1.807) is 6.92 Å². The highest BCUT2D eigenvalue weighted by Crippen LogP contribution is 2.49. The molecule has 0 saturated heterocycles. The molecule has 2 aromatic carbocycles. The fourth-order valence-corrected chi connectivity index (χ4v) is 7.43. The third kappa shape index (κ3) is 3.78. The lowest BCUT2D eigenvalue weighted by Crippen LogP contribution is -2.54. The van der Waals surface area contributed by atoms with Crippen molar-refractivity contribution in [3.05, 3.63) is 112 Å². The third-order valence-electron chi connectivity index (χ3n) is 9.46. The molecule has 0 spiro atoms. The Bertz CT molecular complexity index is 1760. The Kier molecular flexibility index (Phi) is 6.37. The Balaban J connectivity index is 1.59. The van der Waals surface area contributed by atoms with Crippen LogP contribution in [0.1, 0.15) is 59.6 Å². The van der Waals surface area contributed by atoms with Crippen molar-refractivity contribution in [2.24, 2.45) is 0 Å². The Morgan fingerprint density at radius 3 is 2.21 bits per heavy atom. The number of anilines is 2. The van der Waals surface area contributed by atoms with Crippen LogP contribution in [0.2, 0.25) is 0 Å². The van der Waals surface area contributed by atoms with Crippen molar-refractivity contribution in [1.82, 2.24) is 0 Å². The van der Waals surface area contributed by atoms with Crippen LogP contribution in [0.3, 0.4) is 0 Å². The smallest absolute Gasteiger partial charge is 0.378 e. The van der Waals surface area contributed by atoms with Gasteiger partial charge in [-0.15, -0.1) is 0 Å². The molecule has 0 fully saturated rings. The van der Waals surface area contributed by atoms with E-state index in [1.807, 2.05) is 45.8 Å². The maximum atomic E-state index is 16.7. The Morgan fingerprint density at radius 1 is 0.905 bits per heavy atom. The van der Waals surface area contributed by atoms with E-state index in [1.165, 1.54) is 25.9 Å². The van der Waals surface area contributed by atoms with Crippen molar-refractivity contribution in [2.45, 2.75) is 53.9 Å². The number of para-hydroxylation sites is 1.